The molecule has 0 nitrogen and oxygen atoms in total. The molecular formula is C72H50S2. The number of hydrogen-bond donors (Lipinski definition) is 0. The van der Waals surface area contributed by atoms with Crippen molar-refractivity contribution < 1.29 is 0 Å². The molecule has 2 heterocycles. The molecule has 11 aromatic carbocycles. The quantitative estimate of drug-likeness (QED) is 0.146. The highest BCUT2D eigenvalue weighted by Gasteiger charge is 2.50. The third-order valence-electron chi connectivity index (χ3n) is 16.6. The molecule has 350 valence electrons. The fourth-order valence-corrected chi connectivity index (χ4v) is 16.1. The van der Waals surface area contributed by atoms with Gasteiger partial charge in [0, 0.05) is 19.2 Å². The van der Waals surface area contributed by atoms with E-state index in [1.54, 1.807) is 0 Å². The first-order valence-corrected chi connectivity index (χ1v) is 27.5. The molecule has 0 radical (unpaired) electrons. The van der Waals surface area contributed by atoms with Crippen LogP contribution in [0.1, 0.15) is 70.8 Å². The van der Waals surface area contributed by atoms with Gasteiger partial charge in [0.25, 0.3) is 0 Å². The van der Waals surface area contributed by atoms with Gasteiger partial charge >= 0.3 is 0 Å². The number of rotatable bonds is 6. The largest absolute Gasteiger partial charge is 0.135 e. The minimum Gasteiger partial charge on any atom is -0.135 e. The normalized spacial score (nSPS) is 14.1. The van der Waals surface area contributed by atoms with Crippen LogP contribution in [0.15, 0.2) is 249 Å². The maximum atomic E-state index is 2.58. The monoisotopic (exact) mass is 978 g/mol. The van der Waals surface area contributed by atoms with Gasteiger partial charge in [-0.25, -0.2) is 0 Å². The van der Waals surface area contributed by atoms with E-state index < -0.39 is 10.8 Å². The fraction of sp³-hybridized carbons (Fsp3) is 0.0833. The van der Waals surface area contributed by atoms with E-state index in [1.807, 2.05) is 22.7 Å². The molecule has 0 unspecified atom stereocenters. The second-order valence-electron chi connectivity index (χ2n) is 21.4. The van der Waals surface area contributed by atoms with Gasteiger partial charge in [-0.2, -0.15) is 0 Å². The van der Waals surface area contributed by atoms with Gasteiger partial charge in [0.2, 0.25) is 0 Å². The summed E-state index contributed by atoms with van der Waals surface area (Å²) in [5, 5.41) is 7.70. The first-order valence-electron chi connectivity index (χ1n) is 25.9. The van der Waals surface area contributed by atoms with Crippen LogP contribution in [0.3, 0.4) is 0 Å². The van der Waals surface area contributed by atoms with Crippen molar-refractivity contribution in [1.29, 1.82) is 0 Å². The Morgan fingerprint density at radius 1 is 0.311 bits per heavy atom. The number of fused-ring (bicyclic) bond motifs is 12. The summed E-state index contributed by atoms with van der Waals surface area (Å²) in [6.07, 6.45) is 0. The molecule has 2 aliphatic carbocycles. The highest BCUT2D eigenvalue weighted by atomic mass is 32.1. The van der Waals surface area contributed by atoms with Crippen molar-refractivity contribution in [3.63, 3.8) is 0 Å². The Morgan fingerprint density at radius 3 is 1.07 bits per heavy atom. The molecule has 0 N–H and O–H groups in total. The Hall–Kier alpha value is -8.14. The highest BCUT2D eigenvalue weighted by molar-refractivity contribution is 7.23. The standard InChI is InChI=1S/C72H50S2/c1-70(2,3)51-38-41-54-59(44-51)65(46-37-40-56-61(43-46)72(49-26-12-6-13-27-49,50-28-14-7-15-29-50)67-58-33-19-21-35-63(58)74-69(56)67)53-31-17-16-30-52(53)64(54)45-36-39-55-60(42-45)71(47-22-8-4-9-23-47,48-24-10-5-11-25-48)66-57-32-18-20-34-62(57)73-68(55)66/h4-44H,1-3H3. The summed E-state index contributed by atoms with van der Waals surface area (Å²) in [6.45, 7) is 7.03. The molecule has 0 amide bonds. The van der Waals surface area contributed by atoms with Crippen molar-refractivity contribution in [2.45, 2.75) is 37.0 Å². The summed E-state index contributed by atoms with van der Waals surface area (Å²) in [6, 6.07) is 94.7. The minimum atomic E-state index is -0.535. The van der Waals surface area contributed by atoms with Crippen molar-refractivity contribution in [1.82, 2.24) is 0 Å². The second-order valence-corrected chi connectivity index (χ2v) is 23.5. The maximum Gasteiger partial charge on any atom is 0.0728 e. The Balaban J connectivity index is 1.03. The molecule has 0 saturated carbocycles. The van der Waals surface area contributed by atoms with Gasteiger partial charge in [0.1, 0.15) is 0 Å². The lowest BCUT2D eigenvalue weighted by atomic mass is 9.67. The highest BCUT2D eigenvalue weighted by Crippen LogP contribution is 2.64. The van der Waals surface area contributed by atoms with Crippen LogP contribution in [0.2, 0.25) is 0 Å². The van der Waals surface area contributed by atoms with E-state index in [-0.39, 0.29) is 5.41 Å². The maximum absolute atomic E-state index is 2.58. The van der Waals surface area contributed by atoms with E-state index in [0.29, 0.717) is 0 Å². The minimum absolute atomic E-state index is 0.0704. The molecule has 0 aliphatic heterocycles. The predicted octanol–water partition coefficient (Wildman–Crippen LogP) is 19.8. The zero-order chi connectivity index (χ0) is 49.3. The number of hydrogen-bond acceptors (Lipinski definition) is 2. The van der Waals surface area contributed by atoms with Gasteiger partial charge in [-0.05, 0) is 152 Å². The topological polar surface area (TPSA) is 0 Å². The van der Waals surface area contributed by atoms with E-state index in [2.05, 4.69) is 269 Å². The number of thiophene rings is 2. The molecule has 2 heteroatoms. The van der Waals surface area contributed by atoms with Crippen molar-refractivity contribution in [2.24, 2.45) is 0 Å². The molecule has 0 fully saturated rings. The van der Waals surface area contributed by atoms with Crippen LogP contribution in [-0.2, 0) is 16.2 Å². The molecule has 0 spiro atoms. The van der Waals surface area contributed by atoms with Gasteiger partial charge in [0.15, 0.2) is 0 Å². The van der Waals surface area contributed by atoms with Gasteiger partial charge < -0.3 is 0 Å². The molecule has 15 rings (SSSR count). The Morgan fingerprint density at radius 2 is 0.662 bits per heavy atom. The van der Waals surface area contributed by atoms with Crippen LogP contribution in [-0.4, -0.2) is 0 Å². The van der Waals surface area contributed by atoms with E-state index in [4.69, 9.17) is 0 Å². The predicted molar refractivity (Wildman–Crippen MR) is 316 cm³/mol. The molecule has 0 atom stereocenters. The van der Waals surface area contributed by atoms with Crippen molar-refractivity contribution in [3.05, 3.63) is 299 Å². The molecule has 13 aromatic rings. The van der Waals surface area contributed by atoms with Gasteiger partial charge in [-0.3, -0.25) is 0 Å². The Labute approximate surface area is 440 Å². The number of benzene rings is 11. The molecular weight excluding hydrogens is 929 g/mol. The zero-order valence-corrected chi connectivity index (χ0v) is 43.1. The van der Waals surface area contributed by atoms with Crippen LogP contribution < -0.4 is 0 Å². The lowest BCUT2D eigenvalue weighted by Gasteiger charge is -2.34. The molecule has 2 aromatic heterocycles. The first-order chi connectivity index (χ1) is 36.3. The summed E-state index contributed by atoms with van der Waals surface area (Å²) in [4.78, 5) is 2.72. The summed E-state index contributed by atoms with van der Waals surface area (Å²) in [5.74, 6) is 0. The SMILES string of the molecule is CC(C)(C)c1ccc2c(-c3ccc4c(c3)C(c3ccccc3)(c3ccccc3)c3c-4sc4ccccc34)c3ccccc3c(-c3ccc4c(c3)C(c3ccccc3)(c3ccccc3)c3c-4sc4ccccc34)c2c1. The summed E-state index contributed by atoms with van der Waals surface area (Å²) < 4.78 is 2.65. The van der Waals surface area contributed by atoms with Crippen LogP contribution in [0, 0.1) is 0 Å². The Kier molecular flexibility index (Phi) is 9.50. The van der Waals surface area contributed by atoms with Crippen LogP contribution in [0.25, 0.3) is 84.9 Å². The average molecular weight is 979 g/mol. The van der Waals surface area contributed by atoms with Crippen LogP contribution >= 0.6 is 22.7 Å². The summed E-state index contributed by atoms with van der Waals surface area (Å²) in [7, 11) is 0. The molecule has 0 bridgehead atoms. The fourth-order valence-electron chi connectivity index (χ4n) is 13.5. The third kappa shape index (κ3) is 5.95. The first kappa shape index (κ1) is 43.4. The second kappa shape index (κ2) is 16.2. The molecule has 0 saturated heterocycles. The average Bonchev–Trinajstić information content (AvgIpc) is 4.18. The Bertz CT molecular complexity index is 4300. The van der Waals surface area contributed by atoms with Gasteiger partial charge in [-0.1, -0.05) is 239 Å². The van der Waals surface area contributed by atoms with Crippen molar-refractivity contribution in [2.75, 3.05) is 0 Å². The van der Waals surface area contributed by atoms with Gasteiger partial charge in [-0.15, -0.1) is 22.7 Å². The van der Waals surface area contributed by atoms with E-state index in [1.165, 1.54) is 135 Å². The molecule has 2 aliphatic rings. The third-order valence-corrected chi connectivity index (χ3v) is 19.0. The van der Waals surface area contributed by atoms with E-state index >= 15 is 0 Å². The summed E-state index contributed by atoms with van der Waals surface area (Å²) in [5.41, 5.74) is 18.4. The smallest absolute Gasteiger partial charge is 0.0728 e. The molecule has 74 heavy (non-hydrogen) atoms. The van der Waals surface area contributed by atoms with E-state index in [0.717, 1.165) is 0 Å². The lowest BCUT2D eigenvalue weighted by Crippen LogP contribution is -2.28. The van der Waals surface area contributed by atoms with Crippen molar-refractivity contribution in [3.8, 4) is 43.1 Å². The summed E-state index contributed by atoms with van der Waals surface area (Å²) >= 11 is 3.87. The van der Waals surface area contributed by atoms with Crippen LogP contribution in [0.4, 0.5) is 0 Å². The van der Waals surface area contributed by atoms with E-state index in [9.17, 15) is 0 Å². The lowest BCUT2D eigenvalue weighted by molar-refractivity contribution is 0.591. The van der Waals surface area contributed by atoms with Crippen molar-refractivity contribution >= 4 is 64.4 Å². The zero-order valence-electron chi connectivity index (χ0n) is 41.5. The van der Waals surface area contributed by atoms with Crippen LogP contribution in [0.5, 0.6) is 0 Å². The van der Waals surface area contributed by atoms with Gasteiger partial charge in [0.05, 0.1) is 10.8 Å².